The molecule has 4 saturated heterocycles. The Morgan fingerprint density at radius 1 is 0.701 bits per heavy atom. The lowest BCUT2D eigenvalue weighted by Crippen LogP contribution is -2.60. The lowest BCUT2D eigenvalue weighted by atomic mass is 9.83. The average Bonchev–Trinajstić information content (AvgIpc) is 3.78. The predicted molar refractivity (Wildman–Crippen MR) is 307 cm³/mol. The van der Waals surface area contributed by atoms with Crippen molar-refractivity contribution in [2.75, 3.05) is 52.0 Å². The number of hydrogen-bond acceptors (Lipinski definition) is 12. The van der Waals surface area contributed by atoms with E-state index in [4.69, 9.17) is 15.2 Å². The highest BCUT2D eigenvalue weighted by atomic mass is 32.2. The summed E-state index contributed by atoms with van der Waals surface area (Å²) < 4.78 is 12.5. The van der Waals surface area contributed by atoms with E-state index < -0.39 is 46.4 Å². The Kier molecular flexibility index (Phi) is 23.6. The van der Waals surface area contributed by atoms with Crippen molar-refractivity contribution in [2.24, 2.45) is 22.5 Å². The topological polar surface area (TPSA) is 214 Å². The van der Waals surface area contributed by atoms with E-state index >= 15 is 0 Å². The third-order valence-corrected chi connectivity index (χ3v) is 19.0. The van der Waals surface area contributed by atoms with Gasteiger partial charge >= 0.3 is 0 Å². The number of primary amides is 1. The first-order valence-electron chi connectivity index (χ1n) is 28.5. The van der Waals surface area contributed by atoms with Crippen molar-refractivity contribution < 1.29 is 38.2 Å². The van der Waals surface area contributed by atoms with Gasteiger partial charge in [-0.15, -0.1) is 23.5 Å². The predicted octanol–water partition coefficient (Wildman–Crippen LogP) is 7.38. The smallest absolute Gasteiger partial charge is 0.246 e. The highest BCUT2D eigenvalue weighted by Crippen LogP contribution is 2.48. The van der Waals surface area contributed by atoms with E-state index in [0.717, 1.165) is 55.4 Å². The summed E-state index contributed by atoms with van der Waals surface area (Å²) >= 11 is 3.39. The van der Waals surface area contributed by atoms with Crippen LogP contribution in [0.25, 0.3) is 0 Å². The number of nitrogens with two attached hydrogens (primary N) is 1. The Hall–Kier alpha value is -4.20. The number of thioether (sulfide) groups is 2. The number of hydrogen-bond donors (Lipinski definition) is 6. The minimum atomic E-state index is -0.842. The summed E-state index contributed by atoms with van der Waals surface area (Å²) in [5.41, 5.74) is 5.77. The second-order valence-electron chi connectivity index (χ2n) is 23.7. The number of nitrogens with zero attached hydrogens (tertiary/aromatic N) is 2. The molecule has 4 aliphatic heterocycles. The number of rotatable bonds is 30. The summed E-state index contributed by atoms with van der Waals surface area (Å²) in [6.07, 6.45) is 13.7. The Morgan fingerprint density at radius 3 is 1.64 bits per heavy atom. The van der Waals surface area contributed by atoms with Crippen LogP contribution in [0.5, 0.6) is 0 Å². The number of likely N-dealkylation sites (N-methyl/N-ethyl adjacent to an activating group) is 2. The van der Waals surface area contributed by atoms with Crippen molar-refractivity contribution >= 4 is 59.0 Å². The van der Waals surface area contributed by atoms with Crippen LogP contribution in [0.1, 0.15) is 161 Å². The van der Waals surface area contributed by atoms with Gasteiger partial charge in [0.25, 0.3) is 0 Å². The van der Waals surface area contributed by atoms with Gasteiger partial charge in [-0.25, -0.2) is 0 Å². The molecule has 6 rings (SSSR count). The van der Waals surface area contributed by atoms with Gasteiger partial charge in [-0.05, 0) is 106 Å². The molecule has 0 saturated carbocycles. The molecular formula is C59H92N8O8S2. The van der Waals surface area contributed by atoms with Gasteiger partial charge in [0, 0.05) is 19.6 Å². The van der Waals surface area contributed by atoms with Gasteiger partial charge in [0.05, 0.1) is 47.6 Å². The van der Waals surface area contributed by atoms with Crippen LogP contribution in [0, 0.1) is 16.7 Å². The molecule has 7 N–H and O–H groups in total. The van der Waals surface area contributed by atoms with Crippen LogP contribution in [0.15, 0.2) is 60.7 Å². The molecule has 4 aliphatic rings. The van der Waals surface area contributed by atoms with Crippen LogP contribution in [-0.4, -0.2) is 138 Å². The number of carbonyl (C=O) groups is 6. The number of amides is 6. The van der Waals surface area contributed by atoms with E-state index in [1.54, 1.807) is 56.4 Å². The van der Waals surface area contributed by atoms with Crippen molar-refractivity contribution in [3.63, 3.8) is 0 Å². The number of nitrogens with one attached hydrogen (secondary N) is 5. The molecule has 428 valence electrons. The number of carbonyl (C=O) groups excluding carboxylic acids is 6. The first-order chi connectivity index (χ1) is 36.8. The quantitative estimate of drug-likeness (QED) is 0.0423. The number of fused-ring (bicyclic) bond motifs is 2. The van der Waals surface area contributed by atoms with Crippen LogP contribution in [0.4, 0.5) is 0 Å². The zero-order valence-corrected chi connectivity index (χ0v) is 49.0. The third-order valence-electron chi connectivity index (χ3n) is 16.3. The summed E-state index contributed by atoms with van der Waals surface area (Å²) in [7, 11) is 3.43. The second kappa shape index (κ2) is 29.3. The molecule has 2 aromatic carbocycles. The molecule has 0 radical (unpaired) electrons. The average molecular weight is 1110 g/mol. The fourth-order valence-corrected chi connectivity index (χ4v) is 14.8. The maximum Gasteiger partial charge on any atom is 0.246 e. The summed E-state index contributed by atoms with van der Waals surface area (Å²) in [5.74, 6) is 0.116. The van der Waals surface area contributed by atoms with Gasteiger partial charge in [0.1, 0.15) is 18.1 Å². The van der Waals surface area contributed by atoms with Crippen molar-refractivity contribution in [3.05, 3.63) is 71.8 Å². The standard InChI is InChI=1S/C59H92N8O8S2/c1-57(2)35-48-66(47(68)34-40(39-77-48)33-44(61-7)52(60)69)50(57)53(70)63-45(41-25-19-17-20-26-41)37-74-30-23-15-13-11-9-10-12-14-16-24-31-75-38-46(42-27-21-18-22-28-42)64-54(71)51-58(3,4)36-49-67(51)55(72)43(29-32-76-49)65-56(73)59(5,6)62-8/h17-22,25-28,40,43-46,48-51,61-62H,9-16,23-24,29-39H2,1-8H3,(H2,60,69)(H,63,70)(H,64,71)(H,65,73)/t40?,43-,44-,45+,46+,48-,49-,50+,51+/m0/s1. The molecule has 1 unspecified atom stereocenters. The van der Waals surface area contributed by atoms with Crippen LogP contribution in [0.2, 0.25) is 0 Å². The van der Waals surface area contributed by atoms with E-state index in [1.807, 2.05) is 65.6 Å². The molecule has 0 spiro atoms. The molecule has 0 aliphatic carbocycles. The number of unbranched alkanes of at least 4 members (excludes halogenated alkanes) is 9. The molecule has 77 heavy (non-hydrogen) atoms. The van der Waals surface area contributed by atoms with Gasteiger partial charge in [-0.2, -0.15) is 0 Å². The highest BCUT2D eigenvalue weighted by molar-refractivity contribution is 8.00. The molecule has 18 heteroatoms. The first kappa shape index (κ1) is 62.0. The molecule has 6 amide bonds. The molecule has 2 aromatic rings. The lowest BCUT2D eigenvalue weighted by molar-refractivity contribution is -0.144. The Labute approximate surface area is 468 Å². The molecule has 0 aromatic heterocycles. The van der Waals surface area contributed by atoms with Crippen molar-refractivity contribution in [1.82, 2.24) is 36.4 Å². The Balaban J connectivity index is 0.863. The maximum atomic E-state index is 14.4. The van der Waals surface area contributed by atoms with Crippen LogP contribution in [-0.2, 0) is 38.2 Å². The van der Waals surface area contributed by atoms with E-state index in [2.05, 4.69) is 54.3 Å². The number of benzene rings is 2. The minimum Gasteiger partial charge on any atom is -0.379 e. The number of ether oxygens (including phenoxy) is 2. The molecule has 4 heterocycles. The molecule has 16 nitrogen and oxygen atoms in total. The van der Waals surface area contributed by atoms with E-state index in [-0.39, 0.29) is 64.7 Å². The Morgan fingerprint density at radius 2 is 1.17 bits per heavy atom. The van der Waals surface area contributed by atoms with Crippen LogP contribution in [0.3, 0.4) is 0 Å². The zero-order valence-electron chi connectivity index (χ0n) is 47.4. The summed E-state index contributed by atoms with van der Waals surface area (Å²) in [5, 5.41) is 15.3. The van der Waals surface area contributed by atoms with Gasteiger partial charge in [0.15, 0.2) is 0 Å². The van der Waals surface area contributed by atoms with Crippen molar-refractivity contribution in [3.8, 4) is 0 Å². The molecule has 4 fully saturated rings. The van der Waals surface area contributed by atoms with Crippen molar-refractivity contribution in [2.45, 2.75) is 190 Å². The van der Waals surface area contributed by atoms with E-state index in [0.29, 0.717) is 57.9 Å². The van der Waals surface area contributed by atoms with Gasteiger partial charge in [0.2, 0.25) is 35.4 Å². The van der Waals surface area contributed by atoms with Crippen LogP contribution >= 0.6 is 23.5 Å². The zero-order chi connectivity index (χ0) is 55.8. The summed E-state index contributed by atoms with van der Waals surface area (Å²) in [4.78, 5) is 85.4. The van der Waals surface area contributed by atoms with Crippen molar-refractivity contribution in [1.29, 1.82) is 0 Å². The van der Waals surface area contributed by atoms with E-state index in [9.17, 15) is 28.8 Å². The van der Waals surface area contributed by atoms with Gasteiger partial charge < -0.3 is 51.6 Å². The fraction of sp³-hybridized carbons (Fsp3) is 0.695. The van der Waals surface area contributed by atoms with Gasteiger partial charge in [-0.3, -0.25) is 28.8 Å². The third kappa shape index (κ3) is 17.2. The molecule has 0 bridgehead atoms. The fourth-order valence-electron chi connectivity index (χ4n) is 11.5. The van der Waals surface area contributed by atoms with Crippen LogP contribution < -0.4 is 32.3 Å². The normalized spacial score (nSPS) is 24.2. The monoisotopic (exact) mass is 1100 g/mol. The highest BCUT2D eigenvalue weighted by Gasteiger charge is 2.56. The molecule has 9 atom stereocenters. The Bertz CT molecular complexity index is 2240. The van der Waals surface area contributed by atoms with E-state index in [1.165, 1.54) is 25.7 Å². The first-order valence-corrected chi connectivity index (χ1v) is 30.6. The lowest BCUT2D eigenvalue weighted by Gasteiger charge is -2.35. The van der Waals surface area contributed by atoms with Gasteiger partial charge in [-0.1, -0.05) is 140 Å². The maximum absolute atomic E-state index is 14.4. The SMILES string of the molecule is CN[C@@H](CC1CS[C@H]2CC(C)(C)[C@@H](C(=O)N[C@H](COCCCCCCCCCCCCOC[C@@H](NC(=O)[C@H]3N4C(=O)[C@@H](NC(=O)C(C)(C)NC)CCS[C@H]4CC3(C)C)c3ccccc3)c3ccccc3)N2C(=O)C1)C(N)=O. The molecular weight excluding hydrogens is 1010 g/mol. The second-order valence-corrected chi connectivity index (χ2v) is 26.2. The minimum absolute atomic E-state index is 0.0163. The largest absolute Gasteiger partial charge is 0.379 e. The summed E-state index contributed by atoms with van der Waals surface area (Å²) in [6, 6.07) is 16.5. The summed E-state index contributed by atoms with van der Waals surface area (Å²) in [6.45, 7) is 13.7.